The fourth-order valence-corrected chi connectivity index (χ4v) is 4.14. The van der Waals surface area contributed by atoms with E-state index >= 15 is 0 Å². The maximum atomic E-state index is 10.4. The van der Waals surface area contributed by atoms with E-state index in [4.69, 9.17) is 9.47 Å². The highest BCUT2D eigenvalue weighted by Crippen LogP contribution is 2.33. The second-order valence-corrected chi connectivity index (χ2v) is 7.48. The number of hydrogen-bond donors (Lipinski definition) is 3. The number of aliphatic hydroxyl groups excluding tert-OH is 2. The molecular weight excluding hydrogens is 398 g/mol. The van der Waals surface area contributed by atoms with Crippen LogP contribution in [0, 0.1) is 0 Å². The molecule has 5 rings (SSSR count). The molecular formula is C22H23N5O4. The van der Waals surface area contributed by atoms with Crippen LogP contribution in [0.3, 0.4) is 0 Å². The van der Waals surface area contributed by atoms with Crippen LogP contribution in [-0.2, 0) is 16.0 Å². The predicted molar refractivity (Wildman–Crippen MR) is 114 cm³/mol. The molecule has 0 radical (unpaired) electrons. The lowest BCUT2D eigenvalue weighted by atomic mass is 10.0. The summed E-state index contributed by atoms with van der Waals surface area (Å²) >= 11 is 0. The fraction of sp³-hybridized carbons (Fsp3) is 0.318. The molecule has 31 heavy (non-hydrogen) atoms. The van der Waals surface area contributed by atoms with E-state index < -0.39 is 24.5 Å². The monoisotopic (exact) mass is 421 g/mol. The van der Waals surface area contributed by atoms with Crippen molar-refractivity contribution in [1.29, 1.82) is 0 Å². The molecule has 3 heterocycles. The number of hydrogen-bond acceptors (Lipinski definition) is 8. The van der Waals surface area contributed by atoms with Gasteiger partial charge in [-0.15, -0.1) is 0 Å². The van der Waals surface area contributed by atoms with E-state index in [0.717, 1.165) is 5.56 Å². The standard InChI is InChI=1S/C22H23N5O4/c1-30-19-18(29)16(10-28)31-22(19)27-12-26-17-20(24-11-25-21(17)27)23-9-14-7-4-6-13-5-2-3-8-15(13)14/h2-8,11-12,16,18-19,22,28-29H,9-10H2,1H3,(H,23,24,25)/t16-,18-,19-,22-/m1/s1. The highest BCUT2D eigenvalue weighted by atomic mass is 16.6. The van der Waals surface area contributed by atoms with Gasteiger partial charge in [-0.2, -0.15) is 0 Å². The number of nitrogens with one attached hydrogen (secondary N) is 1. The zero-order valence-corrected chi connectivity index (χ0v) is 16.9. The summed E-state index contributed by atoms with van der Waals surface area (Å²) in [6.45, 7) is 0.267. The Labute approximate surface area is 178 Å². The molecule has 1 aliphatic heterocycles. The first-order chi connectivity index (χ1) is 15.2. The normalized spacial score (nSPS) is 23.6. The predicted octanol–water partition coefficient (Wildman–Crippen LogP) is 1.86. The molecule has 0 unspecified atom stereocenters. The van der Waals surface area contributed by atoms with Gasteiger partial charge >= 0.3 is 0 Å². The van der Waals surface area contributed by atoms with Crippen LogP contribution >= 0.6 is 0 Å². The Balaban J connectivity index is 1.45. The Bertz CT molecular complexity index is 1210. The summed E-state index contributed by atoms with van der Waals surface area (Å²) in [6, 6.07) is 14.4. The molecule has 0 amide bonds. The van der Waals surface area contributed by atoms with E-state index in [1.165, 1.54) is 24.2 Å². The van der Waals surface area contributed by atoms with Gasteiger partial charge in [0.25, 0.3) is 0 Å². The number of imidazole rings is 1. The minimum Gasteiger partial charge on any atom is -0.394 e. The molecule has 1 saturated heterocycles. The average Bonchev–Trinajstić information content (AvgIpc) is 3.38. The van der Waals surface area contributed by atoms with E-state index in [1.54, 1.807) is 10.9 Å². The average molecular weight is 421 g/mol. The van der Waals surface area contributed by atoms with Gasteiger partial charge in [0.15, 0.2) is 23.2 Å². The van der Waals surface area contributed by atoms with Gasteiger partial charge < -0.3 is 25.0 Å². The van der Waals surface area contributed by atoms with Gasteiger partial charge in [-0.1, -0.05) is 42.5 Å². The first-order valence-electron chi connectivity index (χ1n) is 10.1. The maximum Gasteiger partial charge on any atom is 0.167 e. The van der Waals surface area contributed by atoms with Crippen molar-refractivity contribution >= 4 is 27.8 Å². The van der Waals surface area contributed by atoms with E-state index in [-0.39, 0.29) is 6.61 Å². The lowest BCUT2D eigenvalue weighted by molar-refractivity contribution is -0.0583. The lowest BCUT2D eigenvalue weighted by Gasteiger charge is -2.20. The Kier molecular flexibility index (Phi) is 5.24. The summed E-state index contributed by atoms with van der Waals surface area (Å²) in [4.78, 5) is 13.2. The number of aliphatic hydroxyl groups is 2. The van der Waals surface area contributed by atoms with Crippen LogP contribution in [0.1, 0.15) is 11.8 Å². The van der Waals surface area contributed by atoms with Crippen molar-refractivity contribution in [3.05, 3.63) is 60.7 Å². The van der Waals surface area contributed by atoms with Crippen LogP contribution in [0.2, 0.25) is 0 Å². The van der Waals surface area contributed by atoms with E-state index in [0.29, 0.717) is 23.5 Å². The Morgan fingerprint density at radius 1 is 1.13 bits per heavy atom. The molecule has 0 spiro atoms. The van der Waals surface area contributed by atoms with E-state index in [2.05, 4.69) is 44.5 Å². The topological polar surface area (TPSA) is 115 Å². The molecule has 0 aliphatic carbocycles. The first-order valence-corrected chi connectivity index (χ1v) is 10.1. The van der Waals surface area contributed by atoms with Crippen molar-refractivity contribution in [2.75, 3.05) is 19.0 Å². The molecule has 160 valence electrons. The van der Waals surface area contributed by atoms with Crippen LogP contribution in [0.5, 0.6) is 0 Å². The largest absolute Gasteiger partial charge is 0.394 e. The van der Waals surface area contributed by atoms with Gasteiger partial charge in [0.1, 0.15) is 24.6 Å². The quantitative estimate of drug-likeness (QED) is 0.432. The molecule has 4 aromatic rings. The van der Waals surface area contributed by atoms with Crippen molar-refractivity contribution in [2.24, 2.45) is 0 Å². The minimum absolute atomic E-state index is 0.309. The van der Waals surface area contributed by atoms with Crippen LogP contribution in [0.15, 0.2) is 55.1 Å². The van der Waals surface area contributed by atoms with Crippen molar-refractivity contribution in [3.8, 4) is 0 Å². The number of aromatic nitrogens is 4. The number of anilines is 1. The molecule has 9 nitrogen and oxygen atoms in total. The Hall–Kier alpha value is -3.11. The lowest BCUT2D eigenvalue weighted by Crippen LogP contribution is -2.34. The van der Waals surface area contributed by atoms with Crippen LogP contribution in [0.25, 0.3) is 21.9 Å². The van der Waals surface area contributed by atoms with E-state index in [9.17, 15) is 10.2 Å². The molecule has 2 aromatic heterocycles. The number of nitrogens with zero attached hydrogens (tertiary/aromatic N) is 4. The molecule has 3 N–H and O–H groups in total. The third-order valence-electron chi connectivity index (χ3n) is 5.72. The summed E-state index contributed by atoms with van der Waals surface area (Å²) < 4.78 is 12.9. The summed E-state index contributed by atoms with van der Waals surface area (Å²) in [5, 5.41) is 25.6. The zero-order valence-electron chi connectivity index (χ0n) is 16.9. The smallest absolute Gasteiger partial charge is 0.167 e. The van der Waals surface area contributed by atoms with Gasteiger partial charge in [0.05, 0.1) is 12.9 Å². The SMILES string of the molecule is CO[C@@H]1[C@H](O)[C@@H](CO)O[C@H]1n1cnc2c(NCc3cccc4ccccc34)ncnc21. The second-order valence-electron chi connectivity index (χ2n) is 7.48. The second kappa shape index (κ2) is 8.20. The molecule has 9 heteroatoms. The van der Waals surface area contributed by atoms with Crippen molar-refractivity contribution in [2.45, 2.75) is 31.1 Å². The van der Waals surface area contributed by atoms with Crippen LogP contribution in [0.4, 0.5) is 5.82 Å². The van der Waals surface area contributed by atoms with Crippen molar-refractivity contribution < 1.29 is 19.7 Å². The summed E-state index contributed by atoms with van der Waals surface area (Å²) in [5.41, 5.74) is 2.29. The highest BCUT2D eigenvalue weighted by molar-refractivity contribution is 5.86. The number of benzene rings is 2. The van der Waals surface area contributed by atoms with Crippen molar-refractivity contribution in [1.82, 2.24) is 19.5 Å². The van der Waals surface area contributed by atoms with Crippen molar-refractivity contribution in [3.63, 3.8) is 0 Å². The molecule has 4 atom stereocenters. The van der Waals surface area contributed by atoms with Gasteiger partial charge in [-0.05, 0) is 16.3 Å². The van der Waals surface area contributed by atoms with Gasteiger partial charge in [0, 0.05) is 13.7 Å². The highest BCUT2D eigenvalue weighted by Gasteiger charge is 2.45. The molecule has 1 aliphatic rings. The number of methoxy groups -OCH3 is 1. The third-order valence-corrected chi connectivity index (χ3v) is 5.72. The minimum atomic E-state index is -0.955. The third kappa shape index (κ3) is 3.41. The van der Waals surface area contributed by atoms with Gasteiger partial charge in [-0.3, -0.25) is 4.57 Å². The summed E-state index contributed by atoms with van der Waals surface area (Å²) in [5.74, 6) is 0.600. The number of ether oxygens (including phenoxy) is 2. The Morgan fingerprint density at radius 2 is 1.97 bits per heavy atom. The molecule has 0 saturated carbocycles. The van der Waals surface area contributed by atoms with Crippen LogP contribution in [-0.4, -0.2) is 61.8 Å². The fourth-order valence-electron chi connectivity index (χ4n) is 4.14. The first kappa shape index (κ1) is 19.8. The summed E-state index contributed by atoms with van der Waals surface area (Å²) in [6.07, 6.45) is 0.0369. The maximum absolute atomic E-state index is 10.4. The van der Waals surface area contributed by atoms with E-state index in [1.807, 2.05) is 18.2 Å². The number of rotatable bonds is 6. The summed E-state index contributed by atoms with van der Waals surface area (Å²) in [7, 11) is 1.50. The molecule has 2 aromatic carbocycles. The van der Waals surface area contributed by atoms with Gasteiger partial charge in [0.2, 0.25) is 0 Å². The zero-order chi connectivity index (χ0) is 21.4. The Morgan fingerprint density at radius 3 is 2.81 bits per heavy atom. The van der Waals surface area contributed by atoms with Crippen LogP contribution < -0.4 is 5.32 Å². The molecule has 0 bridgehead atoms. The van der Waals surface area contributed by atoms with Gasteiger partial charge in [-0.25, -0.2) is 15.0 Å². The number of fused-ring (bicyclic) bond motifs is 2. The molecule has 1 fully saturated rings.